The molecule has 0 radical (unpaired) electrons. The molecule has 0 aliphatic rings. The van der Waals surface area contributed by atoms with Crippen LogP contribution in [0.15, 0.2) is 36.4 Å². The summed E-state index contributed by atoms with van der Waals surface area (Å²) in [6.07, 6.45) is -0.638. The van der Waals surface area contributed by atoms with Gasteiger partial charge in [-0.05, 0) is 67.6 Å². The lowest BCUT2D eigenvalue weighted by molar-refractivity contribution is -0.127. The van der Waals surface area contributed by atoms with E-state index < -0.39 is 6.10 Å². The zero-order chi connectivity index (χ0) is 23.7. The van der Waals surface area contributed by atoms with Gasteiger partial charge in [0.2, 0.25) is 0 Å². The van der Waals surface area contributed by atoms with Crippen LogP contribution in [0.1, 0.15) is 50.3 Å². The van der Waals surface area contributed by atoms with Crippen molar-refractivity contribution in [3.8, 4) is 17.2 Å². The molecule has 32 heavy (non-hydrogen) atoms. The minimum atomic E-state index is -0.638. The van der Waals surface area contributed by atoms with Crippen LogP contribution < -0.4 is 24.8 Å². The van der Waals surface area contributed by atoms with Gasteiger partial charge in [-0.15, -0.1) is 0 Å². The highest BCUT2D eigenvalue weighted by Gasteiger charge is 2.16. The molecular weight excluding hydrogens is 408 g/mol. The van der Waals surface area contributed by atoms with Gasteiger partial charge in [0.1, 0.15) is 5.75 Å². The van der Waals surface area contributed by atoms with Gasteiger partial charge in [-0.2, -0.15) is 0 Å². The molecule has 0 aliphatic carbocycles. The van der Waals surface area contributed by atoms with Crippen LogP contribution in [-0.4, -0.2) is 38.2 Å². The number of benzene rings is 2. The molecule has 2 rings (SSSR count). The van der Waals surface area contributed by atoms with Crippen molar-refractivity contribution in [3.05, 3.63) is 53.1 Å². The summed E-state index contributed by atoms with van der Waals surface area (Å²) in [5.74, 6) is 1.65. The summed E-state index contributed by atoms with van der Waals surface area (Å²) in [6.45, 7) is 10.7. The number of hydrogen-bond acceptors (Lipinski definition) is 5. The molecule has 2 aromatic carbocycles. The van der Waals surface area contributed by atoms with Gasteiger partial charge < -0.3 is 24.8 Å². The third kappa shape index (κ3) is 7.18. The SMILES string of the molecule is CCNC(=O)COc1ccc(CNC(=O)C(C)Oc2ccc(C(C)C)c(C)c2)cc1OC. The molecule has 7 nitrogen and oxygen atoms in total. The zero-order valence-electron chi connectivity index (χ0n) is 19.8. The summed E-state index contributed by atoms with van der Waals surface area (Å²) < 4.78 is 16.7. The summed E-state index contributed by atoms with van der Waals surface area (Å²) in [5.41, 5.74) is 3.25. The molecule has 0 spiro atoms. The quantitative estimate of drug-likeness (QED) is 0.554. The number of amides is 2. The number of carbonyl (C=O) groups excluding carboxylic acids is 2. The highest BCUT2D eigenvalue weighted by molar-refractivity contribution is 5.80. The van der Waals surface area contributed by atoms with Crippen molar-refractivity contribution in [2.75, 3.05) is 20.3 Å². The van der Waals surface area contributed by atoms with Crippen LogP contribution in [0.5, 0.6) is 17.2 Å². The Morgan fingerprint density at radius 3 is 2.38 bits per heavy atom. The predicted molar refractivity (Wildman–Crippen MR) is 124 cm³/mol. The van der Waals surface area contributed by atoms with Crippen molar-refractivity contribution in [3.63, 3.8) is 0 Å². The molecule has 0 saturated carbocycles. The van der Waals surface area contributed by atoms with E-state index in [-0.39, 0.29) is 18.4 Å². The lowest BCUT2D eigenvalue weighted by Gasteiger charge is -2.17. The third-order valence-electron chi connectivity index (χ3n) is 4.97. The highest BCUT2D eigenvalue weighted by Crippen LogP contribution is 2.28. The van der Waals surface area contributed by atoms with Crippen molar-refractivity contribution in [2.24, 2.45) is 0 Å². The molecule has 0 aliphatic heterocycles. The summed E-state index contributed by atoms with van der Waals surface area (Å²) in [5, 5.41) is 5.55. The molecule has 0 saturated heterocycles. The van der Waals surface area contributed by atoms with E-state index in [1.54, 1.807) is 19.1 Å². The fourth-order valence-corrected chi connectivity index (χ4v) is 3.29. The first-order valence-electron chi connectivity index (χ1n) is 10.9. The molecule has 0 aromatic heterocycles. The van der Waals surface area contributed by atoms with Crippen LogP contribution in [0.3, 0.4) is 0 Å². The Morgan fingerprint density at radius 2 is 1.75 bits per heavy atom. The Hall–Kier alpha value is -3.22. The van der Waals surface area contributed by atoms with E-state index in [0.29, 0.717) is 36.3 Å². The van der Waals surface area contributed by atoms with E-state index >= 15 is 0 Å². The van der Waals surface area contributed by atoms with Crippen LogP contribution in [0.4, 0.5) is 0 Å². The zero-order valence-corrected chi connectivity index (χ0v) is 19.8. The second-order valence-corrected chi connectivity index (χ2v) is 7.88. The van der Waals surface area contributed by atoms with E-state index in [4.69, 9.17) is 14.2 Å². The van der Waals surface area contributed by atoms with Crippen LogP contribution in [0.25, 0.3) is 0 Å². The molecule has 1 unspecified atom stereocenters. The van der Waals surface area contributed by atoms with Crippen LogP contribution >= 0.6 is 0 Å². The van der Waals surface area contributed by atoms with Gasteiger partial charge in [0, 0.05) is 13.1 Å². The standard InChI is InChI=1S/C25H34N2O5/c1-7-26-24(28)15-31-22-11-8-19(13-23(22)30-6)14-27-25(29)18(5)32-20-9-10-21(16(2)3)17(4)12-20/h8-13,16,18H,7,14-15H2,1-6H3,(H,26,28)(H,27,29). The Balaban J connectivity index is 1.92. The van der Waals surface area contributed by atoms with Crippen molar-refractivity contribution < 1.29 is 23.8 Å². The number of aryl methyl sites for hydroxylation is 1. The molecular formula is C25H34N2O5. The van der Waals surface area contributed by atoms with Gasteiger partial charge >= 0.3 is 0 Å². The number of methoxy groups -OCH3 is 1. The lowest BCUT2D eigenvalue weighted by atomic mass is 9.98. The maximum absolute atomic E-state index is 12.5. The first kappa shape index (κ1) is 25.0. The van der Waals surface area contributed by atoms with Crippen LogP contribution in [0, 0.1) is 6.92 Å². The molecule has 2 N–H and O–H groups in total. The predicted octanol–water partition coefficient (Wildman–Crippen LogP) is 3.73. The van der Waals surface area contributed by atoms with Crippen LogP contribution in [-0.2, 0) is 16.1 Å². The van der Waals surface area contributed by atoms with E-state index in [1.807, 2.05) is 38.1 Å². The summed E-state index contributed by atoms with van der Waals surface area (Å²) in [7, 11) is 1.53. The maximum Gasteiger partial charge on any atom is 0.261 e. The number of ether oxygens (including phenoxy) is 3. The Morgan fingerprint density at radius 1 is 1.00 bits per heavy atom. The van der Waals surface area contributed by atoms with Crippen molar-refractivity contribution >= 4 is 11.8 Å². The van der Waals surface area contributed by atoms with Crippen molar-refractivity contribution in [1.29, 1.82) is 0 Å². The average Bonchev–Trinajstić information content (AvgIpc) is 2.76. The van der Waals surface area contributed by atoms with E-state index in [9.17, 15) is 9.59 Å². The fraction of sp³-hybridized carbons (Fsp3) is 0.440. The second-order valence-electron chi connectivity index (χ2n) is 7.88. The fourth-order valence-electron chi connectivity index (χ4n) is 3.29. The van der Waals surface area contributed by atoms with Gasteiger partial charge in [0.15, 0.2) is 24.2 Å². The van der Waals surface area contributed by atoms with E-state index in [0.717, 1.165) is 11.1 Å². The number of nitrogens with one attached hydrogen (secondary N) is 2. The molecule has 7 heteroatoms. The second kappa shape index (κ2) is 12.0. The van der Waals surface area contributed by atoms with Gasteiger partial charge in [-0.25, -0.2) is 0 Å². The van der Waals surface area contributed by atoms with Gasteiger partial charge in [-0.1, -0.05) is 26.0 Å². The third-order valence-corrected chi connectivity index (χ3v) is 4.97. The maximum atomic E-state index is 12.5. The number of rotatable bonds is 11. The average molecular weight is 443 g/mol. The van der Waals surface area contributed by atoms with Crippen molar-refractivity contribution in [1.82, 2.24) is 10.6 Å². The largest absolute Gasteiger partial charge is 0.493 e. The number of carbonyl (C=O) groups is 2. The minimum Gasteiger partial charge on any atom is -0.493 e. The van der Waals surface area contributed by atoms with Crippen LogP contribution in [0.2, 0.25) is 0 Å². The molecule has 0 bridgehead atoms. The number of likely N-dealkylation sites (N-methyl/N-ethyl adjacent to an activating group) is 1. The summed E-state index contributed by atoms with van der Waals surface area (Å²) >= 11 is 0. The summed E-state index contributed by atoms with van der Waals surface area (Å²) in [6, 6.07) is 11.2. The van der Waals surface area contributed by atoms with Crippen molar-refractivity contribution in [2.45, 2.75) is 53.2 Å². The Bertz CT molecular complexity index is 927. The monoisotopic (exact) mass is 442 g/mol. The molecule has 2 aromatic rings. The van der Waals surface area contributed by atoms with E-state index in [2.05, 4.69) is 24.5 Å². The van der Waals surface area contributed by atoms with Gasteiger partial charge in [0.25, 0.3) is 11.8 Å². The smallest absolute Gasteiger partial charge is 0.261 e. The van der Waals surface area contributed by atoms with Gasteiger partial charge in [-0.3, -0.25) is 9.59 Å². The minimum absolute atomic E-state index is 0.0905. The first-order valence-corrected chi connectivity index (χ1v) is 10.9. The molecule has 0 heterocycles. The Labute approximate surface area is 190 Å². The molecule has 174 valence electrons. The summed E-state index contributed by atoms with van der Waals surface area (Å²) in [4.78, 5) is 24.1. The normalized spacial score (nSPS) is 11.6. The first-order chi connectivity index (χ1) is 15.2. The number of hydrogen-bond donors (Lipinski definition) is 2. The molecule has 2 amide bonds. The van der Waals surface area contributed by atoms with E-state index in [1.165, 1.54) is 12.7 Å². The lowest BCUT2D eigenvalue weighted by Crippen LogP contribution is -2.35. The Kier molecular flexibility index (Phi) is 9.38. The van der Waals surface area contributed by atoms with Gasteiger partial charge in [0.05, 0.1) is 7.11 Å². The molecule has 0 fully saturated rings. The highest BCUT2D eigenvalue weighted by atomic mass is 16.5. The topological polar surface area (TPSA) is 85.9 Å². The molecule has 1 atom stereocenters.